The van der Waals surface area contributed by atoms with E-state index in [1.165, 1.54) is 44.5 Å². The van der Waals surface area contributed by atoms with Crippen molar-refractivity contribution in [1.29, 1.82) is 0 Å². The van der Waals surface area contributed by atoms with Crippen LogP contribution in [0.25, 0.3) is 0 Å². The number of carbonyl (C=O) groups excluding carboxylic acids is 4. The molecule has 0 fully saturated rings. The second-order valence-corrected chi connectivity index (χ2v) is 13.3. The van der Waals surface area contributed by atoms with Gasteiger partial charge in [-0.05, 0) is 41.1 Å². The first-order valence-electron chi connectivity index (χ1n) is 14.8. The third-order valence-corrected chi connectivity index (χ3v) is 9.32. The summed E-state index contributed by atoms with van der Waals surface area (Å²) in [4.78, 5) is 71.2. The quantitative estimate of drug-likeness (QED) is 0.0765. The third-order valence-electron chi connectivity index (χ3n) is 7.05. The average molecular weight is 720 g/mol. The van der Waals surface area contributed by atoms with E-state index in [1.807, 2.05) is 18.2 Å². The Hall–Kier alpha value is -5.95. The first-order chi connectivity index (χ1) is 23.9. The monoisotopic (exact) mass is 719 g/mol. The Morgan fingerprint density at radius 3 is 1.84 bits per heavy atom. The summed E-state index contributed by atoms with van der Waals surface area (Å²) in [7, 11) is 9.63. The molecule has 0 aliphatic carbocycles. The third kappa shape index (κ3) is 8.74. The first kappa shape index (κ1) is 35.4. The van der Waals surface area contributed by atoms with Crippen LogP contribution in [0.5, 0.6) is 0 Å². The van der Waals surface area contributed by atoms with Gasteiger partial charge in [0.25, 0.3) is 23.6 Å². The van der Waals surface area contributed by atoms with E-state index in [4.69, 9.17) is 5.11 Å². The average Bonchev–Trinajstić information content (AvgIpc) is 3.82. The Kier molecular flexibility index (Phi) is 11.0. The molecule has 5 aromatic heterocycles. The largest absolute Gasteiger partial charge is 0.465 e. The van der Waals surface area contributed by atoms with Gasteiger partial charge >= 0.3 is 6.09 Å². The van der Waals surface area contributed by atoms with Crippen molar-refractivity contribution < 1.29 is 29.1 Å². The summed E-state index contributed by atoms with van der Waals surface area (Å²) in [6.45, 7) is 0.449. The van der Waals surface area contributed by atoms with Crippen molar-refractivity contribution in [3.05, 3.63) is 90.3 Å². The summed E-state index contributed by atoms with van der Waals surface area (Å²) in [5.41, 5.74) is 1.74. The molecule has 0 atom stereocenters. The fourth-order valence-electron chi connectivity index (χ4n) is 4.79. The molecule has 6 N–H and O–H groups in total. The molecule has 0 spiro atoms. The van der Waals surface area contributed by atoms with E-state index in [9.17, 15) is 24.0 Å². The van der Waals surface area contributed by atoms with Gasteiger partial charge in [0.15, 0.2) is 5.82 Å². The van der Waals surface area contributed by atoms with Crippen LogP contribution in [0.3, 0.4) is 0 Å². The van der Waals surface area contributed by atoms with Crippen molar-refractivity contribution in [2.24, 2.45) is 28.2 Å². The lowest BCUT2D eigenvalue weighted by molar-refractivity contribution is 0.0945. The summed E-state index contributed by atoms with van der Waals surface area (Å²) >= 11 is 0. The van der Waals surface area contributed by atoms with Crippen molar-refractivity contribution in [2.75, 3.05) is 33.6 Å². The summed E-state index contributed by atoms with van der Waals surface area (Å²) in [5.74, 6) is -1.14. The molecule has 5 heterocycles. The fraction of sp³-hybridized carbons (Fsp3) is 0.194. The van der Waals surface area contributed by atoms with Crippen LogP contribution in [0, 0.1) is 0 Å². The maximum atomic E-state index is 13.2. The number of imidazole rings is 1. The molecule has 0 saturated carbocycles. The van der Waals surface area contributed by atoms with Gasteiger partial charge in [0.1, 0.15) is 22.1 Å². The zero-order valence-electron chi connectivity index (χ0n) is 27.3. The van der Waals surface area contributed by atoms with Crippen LogP contribution in [0.2, 0.25) is 0 Å². The van der Waals surface area contributed by atoms with Crippen molar-refractivity contribution in [1.82, 2.24) is 33.6 Å². The Balaban J connectivity index is 1.14. The second kappa shape index (κ2) is 15.5. The molecule has 0 unspecified atom stereocenters. The molecule has 0 aromatic carbocycles. The van der Waals surface area contributed by atoms with E-state index in [2.05, 4.69) is 36.6 Å². The molecular weight excluding hydrogens is 687 g/mol. The zero-order chi connectivity index (χ0) is 35.9. The van der Waals surface area contributed by atoms with Gasteiger partial charge in [0.05, 0.1) is 17.1 Å². The van der Waals surface area contributed by atoms with Crippen LogP contribution >= 0.6 is 21.6 Å². The number of hydrogen-bond donors (Lipinski definition) is 6. The van der Waals surface area contributed by atoms with Crippen molar-refractivity contribution in [3.63, 3.8) is 0 Å². The zero-order valence-corrected chi connectivity index (χ0v) is 28.9. The predicted octanol–water partition coefficient (Wildman–Crippen LogP) is 3.85. The van der Waals surface area contributed by atoms with Crippen LogP contribution in [0.4, 0.5) is 27.7 Å². The van der Waals surface area contributed by atoms with Gasteiger partial charge in [-0.3, -0.25) is 24.5 Å². The van der Waals surface area contributed by atoms with Crippen LogP contribution in [0.1, 0.15) is 42.1 Å². The minimum absolute atomic E-state index is 0.0177. The molecule has 19 heteroatoms. The highest BCUT2D eigenvalue weighted by molar-refractivity contribution is 8.76. The van der Waals surface area contributed by atoms with Gasteiger partial charge in [-0.2, -0.15) is 0 Å². The Bertz CT molecular complexity index is 2070. The number of carbonyl (C=O) groups is 5. The molecule has 5 rings (SSSR count). The number of nitrogens with one attached hydrogen (secondary N) is 5. The summed E-state index contributed by atoms with van der Waals surface area (Å²) in [6, 6.07) is 10.1. The fourth-order valence-corrected chi connectivity index (χ4v) is 6.58. The van der Waals surface area contributed by atoms with Crippen LogP contribution < -0.4 is 26.6 Å². The Morgan fingerprint density at radius 2 is 1.26 bits per heavy atom. The van der Waals surface area contributed by atoms with E-state index < -0.39 is 23.8 Å². The molecule has 260 valence electrons. The molecule has 0 radical (unpaired) electrons. The number of carboxylic acid groups (broad SMARTS) is 1. The van der Waals surface area contributed by atoms with Crippen molar-refractivity contribution >= 4 is 74.2 Å². The van der Waals surface area contributed by atoms with E-state index in [-0.39, 0.29) is 34.6 Å². The van der Waals surface area contributed by atoms with Gasteiger partial charge < -0.3 is 44.6 Å². The van der Waals surface area contributed by atoms with Gasteiger partial charge in [-0.25, -0.2) is 14.8 Å². The molecule has 0 bridgehead atoms. The summed E-state index contributed by atoms with van der Waals surface area (Å²) < 4.78 is 6.03. The molecule has 5 amide bonds. The van der Waals surface area contributed by atoms with Crippen molar-refractivity contribution in [2.45, 2.75) is 5.03 Å². The Labute approximate surface area is 293 Å². The minimum atomic E-state index is -1.26. The normalized spacial score (nSPS) is 10.8. The summed E-state index contributed by atoms with van der Waals surface area (Å²) in [5, 5.41) is 23.0. The lowest BCUT2D eigenvalue weighted by Crippen LogP contribution is -2.27. The standard InChI is InChI=1S/C31H33N11O6S2/c1-39-14-18(11-21(39)27(43)33-9-10-49-50-25-7-5-6-8-32-25)34-28(44)22-12-19(15-40(22)2)35-30(46)26-37-24(17-42(26)4)38-29(45)23-13-20(16-41(23)3)36-31(47)48/h5-8,11-17,36H,9-10H2,1-4H3,(H,33,43)(H,34,44)(H,35,46)(H,38,45)(H,47,48). The number of amides is 5. The second-order valence-electron chi connectivity index (χ2n) is 10.9. The van der Waals surface area contributed by atoms with Gasteiger partial charge in [-0.15, -0.1) is 0 Å². The predicted molar refractivity (Wildman–Crippen MR) is 190 cm³/mol. The topological polar surface area (TPSA) is 211 Å². The molecule has 50 heavy (non-hydrogen) atoms. The van der Waals surface area contributed by atoms with E-state index in [1.54, 1.807) is 72.8 Å². The highest BCUT2D eigenvalue weighted by Crippen LogP contribution is 2.28. The van der Waals surface area contributed by atoms with Crippen molar-refractivity contribution in [3.8, 4) is 0 Å². The smallest absolute Gasteiger partial charge is 0.409 e. The van der Waals surface area contributed by atoms with E-state index in [0.29, 0.717) is 29.4 Å². The first-order valence-corrected chi connectivity index (χ1v) is 17.1. The molecule has 5 aromatic rings. The number of aryl methyl sites for hydroxylation is 4. The summed E-state index contributed by atoms with van der Waals surface area (Å²) in [6.07, 6.45) is 6.55. The van der Waals surface area contributed by atoms with Crippen LogP contribution in [-0.4, -0.2) is 75.4 Å². The van der Waals surface area contributed by atoms with E-state index in [0.717, 1.165) is 5.03 Å². The highest BCUT2D eigenvalue weighted by Gasteiger charge is 2.21. The number of anilines is 4. The van der Waals surface area contributed by atoms with Gasteiger partial charge in [-0.1, -0.05) is 16.9 Å². The van der Waals surface area contributed by atoms with Crippen LogP contribution in [-0.2, 0) is 28.2 Å². The number of nitrogens with zero attached hydrogens (tertiary/aromatic N) is 6. The maximum Gasteiger partial charge on any atom is 0.409 e. The van der Waals surface area contributed by atoms with Gasteiger partial charge in [0, 0.05) is 71.5 Å². The lowest BCUT2D eigenvalue weighted by Gasteiger charge is -2.05. The number of pyridine rings is 1. The highest BCUT2D eigenvalue weighted by atomic mass is 33.1. The molecule has 17 nitrogen and oxygen atoms in total. The number of rotatable bonds is 13. The van der Waals surface area contributed by atoms with Gasteiger partial charge in [0.2, 0.25) is 5.82 Å². The molecule has 0 aliphatic heterocycles. The maximum absolute atomic E-state index is 13.2. The molecule has 0 aliphatic rings. The SMILES string of the molecule is Cn1cc(NC(=O)c2cc(NC(=O)c3nc(NC(=O)c4cc(NC(=O)O)cn4C)cn3C)cn2C)cc1C(=O)NCCSSc1ccccn1. The molecular formula is C31H33N11O6S2. The lowest BCUT2D eigenvalue weighted by atomic mass is 10.3. The minimum Gasteiger partial charge on any atom is -0.465 e. The number of hydrogen-bond acceptors (Lipinski definition) is 9. The van der Waals surface area contributed by atoms with Crippen LogP contribution in [0.15, 0.2) is 72.4 Å². The number of aromatic nitrogens is 6. The Morgan fingerprint density at radius 1 is 0.700 bits per heavy atom. The van der Waals surface area contributed by atoms with E-state index >= 15 is 0 Å². The molecule has 0 saturated heterocycles.